The number of hydrogen-bond donors (Lipinski definition) is 4. The van der Waals surface area contributed by atoms with Crippen LogP contribution < -0.4 is 15.4 Å². The van der Waals surface area contributed by atoms with E-state index in [0.717, 1.165) is 16.9 Å². The number of halogens is 1. The van der Waals surface area contributed by atoms with Crippen molar-refractivity contribution in [1.29, 1.82) is 0 Å². The summed E-state index contributed by atoms with van der Waals surface area (Å²) in [4.78, 5) is 13.3. The number of phenolic OH excluding ortho intramolecular Hbond substituents is 2. The molecule has 1 saturated carbocycles. The highest BCUT2D eigenvalue weighted by Gasteiger charge is 2.16. The zero-order valence-corrected chi connectivity index (χ0v) is 20.0. The maximum Gasteiger partial charge on any atom is 0.323 e. The zero-order chi connectivity index (χ0) is 22.5. The molecule has 32 heavy (non-hydrogen) atoms. The van der Waals surface area contributed by atoms with Gasteiger partial charge in [-0.15, -0.1) is 0 Å². The Morgan fingerprint density at radius 1 is 0.906 bits per heavy atom. The zero-order valence-electron chi connectivity index (χ0n) is 17.8. The average molecular weight is 547 g/mol. The summed E-state index contributed by atoms with van der Waals surface area (Å²) in [6, 6.07) is 10.6. The summed E-state index contributed by atoms with van der Waals surface area (Å²) in [5.74, 6) is 1.63. The Morgan fingerprint density at radius 3 is 2.16 bits per heavy atom. The fourth-order valence-electron chi connectivity index (χ4n) is 3.66. The molecule has 4 rings (SSSR count). The minimum Gasteiger partial charge on any atom is -0.508 e. The average Bonchev–Trinajstić information content (AvgIpc) is 2.78. The molecule has 0 aliphatic heterocycles. The first-order valence-electron chi connectivity index (χ1n) is 10.7. The predicted octanol–water partition coefficient (Wildman–Crippen LogP) is 5.64. The number of nitrogens with zero attached hydrogens (tertiary/aromatic N) is 3. The van der Waals surface area contributed by atoms with Gasteiger partial charge in [0.05, 0.1) is 10.2 Å². The van der Waals surface area contributed by atoms with Crippen molar-refractivity contribution < 1.29 is 14.9 Å². The second kappa shape index (κ2) is 10.2. The highest BCUT2D eigenvalue weighted by molar-refractivity contribution is 14.1. The van der Waals surface area contributed by atoms with Crippen LogP contribution in [0, 0.1) is 16.4 Å². The van der Waals surface area contributed by atoms with E-state index in [2.05, 4.69) is 48.2 Å². The van der Waals surface area contributed by atoms with Gasteiger partial charge in [-0.2, -0.15) is 15.0 Å². The molecule has 1 fully saturated rings. The lowest BCUT2D eigenvalue weighted by Gasteiger charge is -2.21. The van der Waals surface area contributed by atoms with Crippen LogP contribution in [0.5, 0.6) is 17.5 Å². The van der Waals surface area contributed by atoms with Crippen molar-refractivity contribution >= 4 is 45.9 Å². The molecule has 3 aromatic rings. The fraction of sp³-hybridized carbons (Fsp3) is 0.348. The number of aromatic hydroxyl groups is 2. The molecule has 0 bridgehead atoms. The van der Waals surface area contributed by atoms with Crippen molar-refractivity contribution in [1.82, 2.24) is 15.0 Å². The van der Waals surface area contributed by atoms with Gasteiger partial charge in [0.25, 0.3) is 0 Å². The number of benzene rings is 2. The summed E-state index contributed by atoms with van der Waals surface area (Å²) in [6.45, 7) is 2.41. The summed E-state index contributed by atoms with van der Waals surface area (Å²) < 4.78 is 6.68. The van der Waals surface area contributed by atoms with Crippen LogP contribution in [0.25, 0.3) is 0 Å². The molecule has 1 heterocycles. The SMILES string of the molecule is Cc1cc(Nc2nc(Nc3ccc(O)c(I)c3)nc(OCC3CCCCC3)n2)ccc1O. The Bertz CT molecular complexity index is 1020. The van der Waals surface area contributed by atoms with Gasteiger partial charge in [-0.3, -0.25) is 0 Å². The van der Waals surface area contributed by atoms with E-state index >= 15 is 0 Å². The van der Waals surface area contributed by atoms with Gasteiger partial charge in [-0.25, -0.2) is 0 Å². The van der Waals surface area contributed by atoms with Crippen LogP contribution in [0.15, 0.2) is 36.4 Å². The first kappa shape index (κ1) is 22.4. The molecule has 1 aliphatic carbocycles. The smallest absolute Gasteiger partial charge is 0.323 e. The first-order chi connectivity index (χ1) is 15.5. The van der Waals surface area contributed by atoms with Crippen molar-refractivity contribution in [2.24, 2.45) is 5.92 Å². The Labute approximate surface area is 200 Å². The number of hydrogen-bond acceptors (Lipinski definition) is 8. The van der Waals surface area contributed by atoms with Crippen LogP contribution in [0.3, 0.4) is 0 Å². The first-order valence-corrected chi connectivity index (χ1v) is 11.8. The Hall–Kier alpha value is -2.82. The topological polar surface area (TPSA) is 112 Å². The van der Waals surface area contributed by atoms with E-state index in [4.69, 9.17) is 4.74 Å². The van der Waals surface area contributed by atoms with Gasteiger partial charge in [-0.05, 0) is 90.2 Å². The van der Waals surface area contributed by atoms with Gasteiger partial charge in [0, 0.05) is 11.4 Å². The summed E-state index contributed by atoms with van der Waals surface area (Å²) in [6.07, 6.45) is 6.11. The number of nitrogens with one attached hydrogen (secondary N) is 2. The maximum absolute atomic E-state index is 9.78. The van der Waals surface area contributed by atoms with Crippen molar-refractivity contribution in [3.8, 4) is 17.5 Å². The Balaban J connectivity index is 1.57. The summed E-state index contributed by atoms with van der Waals surface area (Å²) in [7, 11) is 0. The standard InChI is InChI=1S/C23H26IN5O3/c1-14-11-16(7-9-19(14)30)25-21-27-22(26-17-8-10-20(31)18(24)12-17)29-23(28-21)32-13-15-5-3-2-4-6-15/h7-12,15,30-31H,2-6,13H2,1H3,(H2,25,26,27,28,29). The molecular weight excluding hydrogens is 521 g/mol. The fourth-order valence-corrected chi connectivity index (χ4v) is 4.17. The number of phenols is 2. The third-order valence-corrected chi connectivity index (χ3v) is 6.31. The number of rotatable bonds is 7. The quantitative estimate of drug-likeness (QED) is 0.222. The van der Waals surface area contributed by atoms with Crippen molar-refractivity contribution in [3.05, 3.63) is 45.5 Å². The summed E-state index contributed by atoms with van der Waals surface area (Å²) in [5.41, 5.74) is 2.23. The minimum absolute atomic E-state index is 0.216. The van der Waals surface area contributed by atoms with Gasteiger partial charge in [-0.1, -0.05) is 19.3 Å². The van der Waals surface area contributed by atoms with Gasteiger partial charge in [0.1, 0.15) is 11.5 Å². The number of aromatic nitrogens is 3. The van der Waals surface area contributed by atoms with E-state index in [9.17, 15) is 10.2 Å². The third kappa shape index (κ3) is 5.90. The molecule has 4 N–H and O–H groups in total. The largest absolute Gasteiger partial charge is 0.508 e. The molecule has 168 valence electrons. The Kier molecular flexibility index (Phi) is 7.13. The maximum atomic E-state index is 9.78. The van der Waals surface area contributed by atoms with Crippen molar-refractivity contribution in [2.45, 2.75) is 39.0 Å². The predicted molar refractivity (Wildman–Crippen MR) is 132 cm³/mol. The monoisotopic (exact) mass is 547 g/mol. The van der Waals surface area contributed by atoms with E-state index in [-0.39, 0.29) is 17.5 Å². The van der Waals surface area contributed by atoms with Gasteiger partial charge in [0.2, 0.25) is 11.9 Å². The summed E-state index contributed by atoms with van der Waals surface area (Å²) in [5, 5.41) is 25.9. The number of ether oxygens (including phenoxy) is 1. The lowest BCUT2D eigenvalue weighted by Crippen LogP contribution is -2.17. The molecule has 0 atom stereocenters. The van der Waals surface area contributed by atoms with E-state index in [1.165, 1.54) is 32.1 Å². The molecule has 1 aromatic heterocycles. The number of aryl methyl sites for hydroxylation is 1. The second-order valence-corrected chi connectivity index (χ2v) is 9.16. The molecule has 1 aliphatic rings. The third-order valence-electron chi connectivity index (χ3n) is 5.44. The summed E-state index contributed by atoms with van der Waals surface area (Å²) >= 11 is 2.06. The lowest BCUT2D eigenvalue weighted by molar-refractivity contribution is 0.196. The van der Waals surface area contributed by atoms with Crippen LogP contribution in [-0.2, 0) is 0 Å². The molecule has 2 aromatic carbocycles. The van der Waals surface area contributed by atoms with E-state index in [1.807, 2.05) is 13.0 Å². The van der Waals surface area contributed by atoms with Crippen LogP contribution in [0.4, 0.5) is 23.3 Å². The molecule has 0 amide bonds. The molecule has 0 radical (unpaired) electrons. The molecular formula is C23H26IN5O3. The van der Waals surface area contributed by atoms with Gasteiger partial charge in [0.15, 0.2) is 0 Å². The molecule has 0 unspecified atom stereocenters. The molecule has 0 saturated heterocycles. The van der Waals surface area contributed by atoms with Crippen molar-refractivity contribution in [2.75, 3.05) is 17.2 Å². The normalized spacial score (nSPS) is 14.2. The lowest BCUT2D eigenvalue weighted by atomic mass is 9.90. The van der Waals surface area contributed by atoms with Crippen LogP contribution >= 0.6 is 22.6 Å². The highest BCUT2D eigenvalue weighted by atomic mass is 127. The minimum atomic E-state index is 0.216. The number of anilines is 4. The van der Waals surface area contributed by atoms with Crippen LogP contribution in [0.1, 0.15) is 37.7 Å². The second-order valence-electron chi connectivity index (χ2n) is 8.00. The Morgan fingerprint density at radius 2 is 1.53 bits per heavy atom. The van der Waals surface area contributed by atoms with E-state index < -0.39 is 0 Å². The van der Waals surface area contributed by atoms with Crippen LogP contribution in [0.2, 0.25) is 0 Å². The van der Waals surface area contributed by atoms with Gasteiger partial charge < -0.3 is 25.6 Å². The van der Waals surface area contributed by atoms with Gasteiger partial charge >= 0.3 is 6.01 Å². The van der Waals surface area contributed by atoms with Crippen molar-refractivity contribution in [3.63, 3.8) is 0 Å². The highest BCUT2D eigenvalue weighted by Crippen LogP contribution is 2.28. The van der Waals surface area contributed by atoms with E-state index in [0.29, 0.717) is 28.0 Å². The van der Waals surface area contributed by atoms with Crippen LogP contribution in [-0.4, -0.2) is 31.8 Å². The molecule has 8 nitrogen and oxygen atoms in total. The molecule has 9 heteroatoms. The molecule has 0 spiro atoms. The van der Waals surface area contributed by atoms with E-state index in [1.54, 1.807) is 30.3 Å².